The number of hydrogen-bond donors (Lipinski definition) is 1. The van der Waals surface area contributed by atoms with Gasteiger partial charge in [-0.2, -0.15) is 0 Å². The molecule has 0 aromatic heterocycles. The summed E-state index contributed by atoms with van der Waals surface area (Å²) in [6.45, 7) is 6.02. The molecule has 1 aromatic rings. The third kappa shape index (κ3) is 5.23. The number of nitrogens with zero attached hydrogens (tertiary/aromatic N) is 1. The first-order chi connectivity index (χ1) is 10.8. The van der Waals surface area contributed by atoms with Crippen molar-refractivity contribution in [3.05, 3.63) is 28.7 Å². The number of amides is 2. The van der Waals surface area contributed by atoms with Crippen molar-refractivity contribution >= 4 is 33.6 Å². The van der Waals surface area contributed by atoms with Gasteiger partial charge in [-0.3, -0.25) is 9.69 Å². The van der Waals surface area contributed by atoms with Crippen molar-refractivity contribution < 1.29 is 14.3 Å². The molecule has 1 N–H and O–H groups in total. The molecule has 1 saturated heterocycles. The largest absolute Gasteiger partial charge is 0.444 e. The Bertz CT molecular complexity index is 583. The fourth-order valence-electron chi connectivity index (χ4n) is 2.54. The highest BCUT2D eigenvalue weighted by molar-refractivity contribution is 9.10. The number of piperidine rings is 1. The number of benzene rings is 1. The third-order valence-corrected chi connectivity index (χ3v) is 4.02. The lowest BCUT2D eigenvalue weighted by Gasteiger charge is -2.35. The number of likely N-dealkylation sites (tertiary alicyclic amines) is 1. The van der Waals surface area contributed by atoms with Gasteiger partial charge < -0.3 is 10.1 Å². The lowest BCUT2D eigenvalue weighted by molar-refractivity contribution is -0.122. The Morgan fingerprint density at radius 1 is 1.30 bits per heavy atom. The van der Waals surface area contributed by atoms with E-state index in [-0.39, 0.29) is 5.91 Å². The first kappa shape index (κ1) is 17.8. The highest BCUT2D eigenvalue weighted by Crippen LogP contribution is 2.22. The summed E-state index contributed by atoms with van der Waals surface area (Å²) in [5, 5.41) is 2.88. The van der Waals surface area contributed by atoms with Gasteiger partial charge in [0.05, 0.1) is 0 Å². The molecule has 1 aliphatic rings. The predicted molar refractivity (Wildman–Crippen MR) is 93.4 cm³/mol. The topological polar surface area (TPSA) is 58.6 Å². The van der Waals surface area contributed by atoms with Gasteiger partial charge in [-0.25, -0.2) is 4.79 Å². The Morgan fingerprint density at radius 3 is 2.70 bits per heavy atom. The van der Waals surface area contributed by atoms with Crippen molar-refractivity contribution in [3.63, 3.8) is 0 Å². The summed E-state index contributed by atoms with van der Waals surface area (Å²) in [5.74, 6) is -0.173. The third-order valence-electron chi connectivity index (χ3n) is 3.53. The van der Waals surface area contributed by atoms with E-state index in [4.69, 9.17) is 4.74 Å². The molecule has 0 spiro atoms. The molecule has 6 heteroatoms. The summed E-state index contributed by atoms with van der Waals surface area (Å²) in [7, 11) is 0. The molecule has 5 nitrogen and oxygen atoms in total. The smallest absolute Gasteiger partial charge is 0.410 e. The summed E-state index contributed by atoms with van der Waals surface area (Å²) < 4.78 is 6.32. The van der Waals surface area contributed by atoms with E-state index in [0.29, 0.717) is 18.7 Å². The molecule has 1 fully saturated rings. The van der Waals surface area contributed by atoms with Gasteiger partial charge in [0, 0.05) is 16.7 Å². The summed E-state index contributed by atoms with van der Waals surface area (Å²) in [4.78, 5) is 26.5. The minimum absolute atomic E-state index is 0.173. The molecular weight excluding hydrogens is 360 g/mol. The minimum Gasteiger partial charge on any atom is -0.444 e. The van der Waals surface area contributed by atoms with Gasteiger partial charge in [-0.1, -0.05) is 22.0 Å². The zero-order valence-electron chi connectivity index (χ0n) is 13.8. The van der Waals surface area contributed by atoms with E-state index in [9.17, 15) is 9.59 Å². The monoisotopic (exact) mass is 382 g/mol. The fraction of sp³-hybridized carbons (Fsp3) is 0.529. The van der Waals surface area contributed by atoms with Crippen molar-refractivity contribution in [3.8, 4) is 0 Å². The van der Waals surface area contributed by atoms with E-state index in [1.54, 1.807) is 4.90 Å². The molecule has 0 aliphatic carbocycles. The second-order valence-corrected chi connectivity index (χ2v) is 7.60. The number of nitrogens with one attached hydrogen (secondary N) is 1. The van der Waals surface area contributed by atoms with Crippen LogP contribution in [0.5, 0.6) is 0 Å². The summed E-state index contributed by atoms with van der Waals surface area (Å²) in [5.41, 5.74) is 0.138. The van der Waals surface area contributed by atoms with Crippen LogP contribution in [0.1, 0.15) is 40.0 Å². The lowest BCUT2D eigenvalue weighted by atomic mass is 10.0. The first-order valence-electron chi connectivity index (χ1n) is 7.82. The van der Waals surface area contributed by atoms with Crippen LogP contribution < -0.4 is 5.32 Å². The molecule has 23 heavy (non-hydrogen) atoms. The molecule has 0 bridgehead atoms. The number of rotatable bonds is 2. The second-order valence-electron chi connectivity index (χ2n) is 6.68. The van der Waals surface area contributed by atoms with E-state index in [2.05, 4.69) is 21.2 Å². The van der Waals surface area contributed by atoms with E-state index in [1.807, 2.05) is 45.0 Å². The molecule has 2 rings (SSSR count). The maximum absolute atomic E-state index is 12.6. The molecule has 0 radical (unpaired) electrons. The Hall–Kier alpha value is -1.56. The molecule has 126 valence electrons. The standard InChI is InChI=1S/C17H23BrN2O3/c1-17(2,3)23-16(22)20-10-5-4-9-14(20)15(21)19-13-8-6-7-12(18)11-13/h6-8,11,14H,4-5,9-10H2,1-3H3,(H,19,21). The van der Waals surface area contributed by atoms with Crippen LogP contribution in [-0.2, 0) is 9.53 Å². The van der Waals surface area contributed by atoms with Gasteiger partial charge in [0.15, 0.2) is 0 Å². The molecule has 1 aliphatic heterocycles. The van der Waals surface area contributed by atoms with Gasteiger partial charge in [-0.05, 0) is 58.2 Å². The van der Waals surface area contributed by atoms with Crippen LogP contribution in [0.2, 0.25) is 0 Å². The van der Waals surface area contributed by atoms with Gasteiger partial charge >= 0.3 is 6.09 Å². The molecule has 0 saturated carbocycles. The predicted octanol–water partition coefficient (Wildman–Crippen LogP) is 4.18. The van der Waals surface area contributed by atoms with Gasteiger partial charge in [0.1, 0.15) is 11.6 Å². The summed E-state index contributed by atoms with van der Waals surface area (Å²) in [6.07, 6.45) is 2.04. The van der Waals surface area contributed by atoms with Crippen molar-refractivity contribution in [2.24, 2.45) is 0 Å². The molecule has 1 unspecified atom stereocenters. The van der Waals surface area contributed by atoms with Crippen LogP contribution >= 0.6 is 15.9 Å². The maximum atomic E-state index is 12.6. The zero-order valence-corrected chi connectivity index (χ0v) is 15.4. The minimum atomic E-state index is -0.570. The van der Waals surface area contributed by atoms with Crippen LogP contribution in [0.15, 0.2) is 28.7 Å². The van der Waals surface area contributed by atoms with Crippen molar-refractivity contribution in [2.45, 2.75) is 51.7 Å². The number of ether oxygens (including phenoxy) is 1. The Morgan fingerprint density at radius 2 is 2.04 bits per heavy atom. The average Bonchev–Trinajstić information content (AvgIpc) is 2.45. The lowest BCUT2D eigenvalue weighted by Crippen LogP contribution is -2.51. The molecular formula is C17H23BrN2O3. The van der Waals surface area contributed by atoms with Crippen LogP contribution in [-0.4, -0.2) is 35.1 Å². The Labute approximate surface area is 145 Å². The van der Waals surface area contributed by atoms with Crippen molar-refractivity contribution in [1.82, 2.24) is 4.90 Å². The number of carbonyl (C=O) groups excluding carboxylic acids is 2. The molecule has 1 atom stereocenters. The van der Waals surface area contributed by atoms with Crippen LogP contribution in [0.4, 0.5) is 10.5 Å². The number of carbonyl (C=O) groups is 2. The number of anilines is 1. The molecule has 1 heterocycles. The van der Waals surface area contributed by atoms with Crippen molar-refractivity contribution in [2.75, 3.05) is 11.9 Å². The molecule has 2 amide bonds. The normalized spacial score (nSPS) is 18.4. The summed E-state index contributed by atoms with van der Waals surface area (Å²) >= 11 is 3.38. The van der Waals surface area contributed by atoms with Crippen LogP contribution in [0.3, 0.4) is 0 Å². The summed E-state index contributed by atoms with van der Waals surface area (Å²) in [6, 6.07) is 6.91. The van der Waals surface area contributed by atoms with E-state index in [1.165, 1.54) is 0 Å². The maximum Gasteiger partial charge on any atom is 0.410 e. The number of halogens is 1. The van der Waals surface area contributed by atoms with Crippen molar-refractivity contribution in [1.29, 1.82) is 0 Å². The van der Waals surface area contributed by atoms with Gasteiger partial charge in [-0.15, -0.1) is 0 Å². The quantitative estimate of drug-likeness (QED) is 0.834. The number of hydrogen-bond acceptors (Lipinski definition) is 3. The second kappa shape index (κ2) is 7.34. The van der Waals surface area contributed by atoms with E-state index in [0.717, 1.165) is 17.3 Å². The van der Waals surface area contributed by atoms with Crippen LogP contribution in [0.25, 0.3) is 0 Å². The Kier molecular flexibility index (Phi) is 5.68. The van der Waals surface area contributed by atoms with Gasteiger partial charge in [0.25, 0.3) is 0 Å². The SMILES string of the molecule is CC(C)(C)OC(=O)N1CCCCC1C(=O)Nc1cccc(Br)c1. The van der Waals surface area contributed by atoms with Crippen LogP contribution in [0, 0.1) is 0 Å². The van der Waals surface area contributed by atoms with E-state index >= 15 is 0 Å². The highest BCUT2D eigenvalue weighted by atomic mass is 79.9. The first-order valence-corrected chi connectivity index (χ1v) is 8.61. The highest BCUT2D eigenvalue weighted by Gasteiger charge is 2.34. The Balaban J connectivity index is 2.08. The zero-order chi connectivity index (χ0) is 17.0. The molecule has 1 aromatic carbocycles. The average molecular weight is 383 g/mol. The van der Waals surface area contributed by atoms with Gasteiger partial charge in [0.2, 0.25) is 5.91 Å². The van der Waals surface area contributed by atoms with E-state index < -0.39 is 17.7 Å². The fourth-order valence-corrected chi connectivity index (χ4v) is 2.93.